The zero-order valence-electron chi connectivity index (χ0n) is 21.8. The van der Waals surface area contributed by atoms with Crippen LogP contribution in [0.2, 0.25) is 0 Å². The van der Waals surface area contributed by atoms with Gasteiger partial charge in [0.2, 0.25) is 5.91 Å². The lowest BCUT2D eigenvalue weighted by Crippen LogP contribution is -2.65. The minimum absolute atomic E-state index is 0.0259. The van der Waals surface area contributed by atoms with Crippen molar-refractivity contribution in [2.45, 2.75) is 95.7 Å². The first-order valence-corrected chi connectivity index (χ1v) is 14.1. The van der Waals surface area contributed by atoms with Crippen LogP contribution in [-0.4, -0.2) is 63.9 Å². The molecule has 7 nitrogen and oxygen atoms in total. The van der Waals surface area contributed by atoms with E-state index in [0.29, 0.717) is 18.8 Å². The summed E-state index contributed by atoms with van der Waals surface area (Å²) in [6.07, 6.45) is 14.8. The molecule has 36 heavy (non-hydrogen) atoms. The second kappa shape index (κ2) is 11.2. The van der Waals surface area contributed by atoms with Crippen LogP contribution in [0, 0.1) is 0 Å². The van der Waals surface area contributed by atoms with Crippen molar-refractivity contribution in [2.24, 2.45) is 0 Å². The molecule has 0 bridgehead atoms. The molecule has 1 atom stereocenters. The molecule has 1 aliphatic carbocycles. The Morgan fingerprint density at radius 2 is 1.61 bits per heavy atom. The van der Waals surface area contributed by atoms with E-state index in [9.17, 15) is 9.59 Å². The Balaban J connectivity index is 1.41. The van der Waals surface area contributed by atoms with Gasteiger partial charge in [0.15, 0.2) is 0 Å². The van der Waals surface area contributed by atoms with E-state index < -0.39 is 5.54 Å². The number of amides is 2. The maximum atomic E-state index is 14.0. The van der Waals surface area contributed by atoms with Crippen molar-refractivity contribution < 1.29 is 14.0 Å². The van der Waals surface area contributed by atoms with Crippen molar-refractivity contribution in [3.63, 3.8) is 0 Å². The van der Waals surface area contributed by atoms with Gasteiger partial charge in [0, 0.05) is 19.1 Å². The first kappa shape index (κ1) is 25.1. The second-order valence-electron chi connectivity index (χ2n) is 11.2. The van der Waals surface area contributed by atoms with Crippen LogP contribution in [0.5, 0.6) is 0 Å². The summed E-state index contributed by atoms with van der Waals surface area (Å²) in [5.41, 5.74) is 0.521. The fourth-order valence-corrected chi connectivity index (χ4v) is 6.30. The molecule has 0 aromatic carbocycles. The Morgan fingerprint density at radius 3 is 2.31 bits per heavy atom. The monoisotopic (exact) mass is 494 g/mol. The molecule has 1 N–H and O–H groups in total. The van der Waals surface area contributed by atoms with Crippen molar-refractivity contribution in [1.29, 1.82) is 0 Å². The highest BCUT2D eigenvalue weighted by atomic mass is 16.3. The standard InChI is InChI=1S/C29H42N4O3/c1-29(28(35)30-23-12-7-3-2-4-8-13-23)22-32-24(26-14-11-21-36-26)15-16-25(32)27(34)33(29)20-19-31-17-9-5-6-10-18-31/h11,14-16,21,23H,2-10,12-13,17-20,22H2,1H3,(H,30,35)/t29-/m0/s1. The lowest BCUT2D eigenvalue weighted by molar-refractivity contribution is -0.133. The van der Waals surface area contributed by atoms with Gasteiger partial charge in [-0.2, -0.15) is 0 Å². The van der Waals surface area contributed by atoms with Gasteiger partial charge >= 0.3 is 0 Å². The molecule has 0 radical (unpaired) electrons. The second-order valence-corrected chi connectivity index (χ2v) is 11.2. The summed E-state index contributed by atoms with van der Waals surface area (Å²) < 4.78 is 7.66. The van der Waals surface area contributed by atoms with Crippen LogP contribution in [0.1, 0.15) is 88.0 Å². The summed E-state index contributed by atoms with van der Waals surface area (Å²) in [6.45, 7) is 5.91. The van der Waals surface area contributed by atoms with Crippen LogP contribution in [0.4, 0.5) is 0 Å². The van der Waals surface area contributed by atoms with Crippen LogP contribution < -0.4 is 5.32 Å². The van der Waals surface area contributed by atoms with Crippen molar-refractivity contribution in [3.05, 3.63) is 36.2 Å². The van der Waals surface area contributed by atoms with Gasteiger partial charge in [-0.15, -0.1) is 0 Å². The quantitative estimate of drug-likeness (QED) is 0.609. The molecule has 1 saturated carbocycles. The fraction of sp³-hybridized carbons (Fsp3) is 0.655. The molecule has 0 spiro atoms. The topological polar surface area (TPSA) is 70.7 Å². The molecule has 4 heterocycles. The molecule has 2 aromatic heterocycles. The number of carbonyl (C=O) groups is 2. The number of carbonyl (C=O) groups excluding carboxylic acids is 2. The van der Waals surface area contributed by atoms with E-state index in [2.05, 4.69) is 10.2 Å². The number of hydrogen-bond donors (Lipinski definition) is 1. The number of furan rings is 1. The highest BCUT2D eigenvalue weighted by Crippen LogP contribution is 2.33. The first-order chi connectivity index (χ1) is 17.6. The highest BCUT2D eigenvalue weighted by Gasteiger charge is 2.48. The van der Waals surface area contributed by atoms with Crippen molar-refractivity contribution in [1.82, 2.24) is 19.7 Å². The third-order valence-corrected chi connectivity index (χ3v) is 8.55. The lowest BCUT2D eigenvalue weighted by Gasteiger charge is -2.45. The normalized spacial score (nSPS) is 24.6. The van der Waals surface area contributed by atoms with E-state index in [1.54, 1.807) is 6.26 Å². The van der Waals surface area contributed by atoms with Crippen LogP contribution in [0.3, 0.4) is 0 Å². The largest absolute Gasteiger partial charge is 0.463 e. The van der Waals surface area contributed by atoms with Gasteiger partial charge in [0.25, 0.3) is 5.91 Å². The maximum Gasteiger partial charge on any atom is 0.271 e. The zero-order chi connectivity index (χ0) is 25.0. The third kappa shape index (κ3) is 5.26. The number of hydrogen-bond acceptors (Lipinski definition) is 4. The summed E-state index contributed by atoms with van der Waals surface area (Å²) in [5.74, 6) is 0.626. The Morgan fingerprint density at radius 1 is 0.944 bits per heavy atom. The van der Waals surface area contributed by atoms with Crippen LogP contribution in [0.15, 0.2) is 34.9 Å². The molecule has 2 aliphatic heterocycles. The van der Waals surface area contributed by atoms with Crippen LogP contribution in [0.25, 0.3) is 11.5 Å². The predicted octanol–water partition coefficient (Wildman–Crippen LogP) is 5.07. The van der Waals surface area contributed by atoms with Gasteiger partial charge in [-0.3, -0.25) is 9.59 Å². The van der Waals surface area contributed by atoms with Crippen molar-refractivity contribution >= 4 is 11.8 Å². The van der Waals surface area contributed by atoms with Gasteiger partial charge < -0.3 is 24.1 Å². The van der Waals surface area contributed by atoms with Gasteiger partial charge in [-0.1, -0.05) is 44.9 Å². The van der Waals surface area contributed by atoms with E-state index >= 15 is 0 Å². The third-order valence-electron chi connectivity index (χ3n) is 8.55. The summed E-state index contributed by atoms with van der Waals surface area (Å²) in [5, 5.41) is 3.39. The molecule has 2 fully saturated rings. The number of fused-ring (bicyclic) bond motifs is 1. The summed E-state index contributed by atoms with van der Waals surface area (Å²) in [7, 11) is 0. The average Bonchev–Trinajstić information content (AvgIpc) is 3.45. The van der Waals surface area contributed by atoms with Gasteiger partial charge in [0.05, 0.1) is 18.5 Å². The summed E-state index contributed by atoms with van der Waals surface area (Å²) >= 11 is 0. The first-order valence-electron chi connectivity index (χ1n) is 14.1. The predicted molar refractivity (Wildman–Crippen MR) is 141 cm³/mol. The number of likely N-dealkylation sites (tertiary alicyclic amines) is 1. The average molecular weight is 495 g/mol. The molecule has 0 unspecified atom stereocenters. The number of nitrogens with zero attached hydrogens (tertiary/aromatic N) is 3. The fourth-order valence-electron chi connectivity index (χ4n) is 6.30. The highest BCUT2D eigenvalue weighted by molar-refractivity contribution is 6.00. The molecule has 5 rings (SSSR count). The molecule has 7 heteroatoms. The summed E-state index contributed by atoms with van der Waals surface area (Å²) in [6, 6.07) is 7.77. The smallest absolute Gasteiger partial charge is 0.271 e. The maximum absolute atomic E-state index is 14.0. The molecule has 2 amide bonds. The van der Waals surface area contributed by atoms with Gasteiger partial charge in [-0.25, -0.2) is 0 Å². The van der Waals surface area contributed by atoms with E-state index in [1.165, 1.54) is 44.9 Å². The van der Waals surface area contributed by atoms with E-state index in [0.717, 1.165) is 56.8 Å². The Bertz CT molecular complexity index is 1010. The zero-order valence-corrected chi connectivity index (χ0v) is 21.8. The van der Waals surface area contributed by atoms with Gasteiger partial charge in [0.1, 0.15) is 17.0 Å². The molecule has 3 aliphatic rings. The van der Waals surface area contributed by atoms with Crippen LogP contribution in [-0.2, 0) is 11.3 Å². The Hall–Kier alpha value is -2.54. The molecular formula is C29H42N4O3. The number of rotatable bonds is 6. The van der Waals surface area contributed by atoms with E-state index in [4.69, 9.17) is 4.42 Å². The van der Waals surface area contributed by atoms with Gasteiger partial charge in [-0.05, 0) is 70.0 Å². The molecule has 1 saturated heterocycles. The summed E-state index contributed by atoms with van der Waals surface area (Å²) in [4.78, 5) is 32.3. The molecule has 196 valence electrons. The molecular weight excluding hydrogens is 452 g/mol. The lowest BCUT2D eigenvalue weighted by atomic mass is 9.92. The van der Waals surface area contributed by atoms with E-state index in [-0.39, 0.29) is 17.9 Å². The van der Waals surface area contributed by atoms with E-state index in [1.807, 2.05) is 40.7 Å². The SMILES string of the molecule is C[C@@]1(C(=O)NC2CCCCCCC2)Cn2c(ccc2-c2ccco2)C(=O)N1CCN1CCCCCC1. The van der Waals surface area contributed by atoms with Crippen molar-refractivity contribution in [3.8, 4) is 11.5 Å². The number of nitrogens with one attached hydrogen (secondary N) is 1. The Labute approximate surface area is 215 Å². The van der Waals surface area contributed by atoms with Crippen LogP contribution >= 0.6 is 0 Å². The molecule has 2 aromatic rings. The minimum atomic E-state index is -0.960. The Kier molecular flexibility index (Phi) is 7.85. The van der Waals surface area contributed by atoms with Crippen molar-refractivity contribution in [2.75, 3.05) is 26.2 Å². The number of aromatic nitrogens is 1. The minimum Gasteiger partial charge on any atom is -0.463 e.